The summed E-state index contributed by atoms with van der Waals surface area (Å²) >= 11 is 4.48. The van der Waals surface area contributed by atoms with Crippen LogP contribution in [0.15, 0.2) is 53.4 Å². The number of hydrogen-bond acceptors (Lipinski definition) is 3. The van der Waals surface area contributed by atoms with Crippen LogP contribution in [0.25, 0.3) is 0 Å². The van der Waals surface area contributed by atoms with Gasteiger partial charge in [0.05, 0.1) is 17.4 Å². The summed E-state index contributed by atoms with van der Waals surface area (Å²) in [5.74, 6) is 0. The summed E-state index contributed by atoms with van der Waals surface area (Å²) in [5.41, 5.74) is 1.55. The Morgan fingerprint density at radius 3 is 2.22 bits per heavy atom. The lowest BCUT2D eigenvalue weighted by Crippen LogP contribution is -2.46. The van der Waals surface area contributed by atoms with Crippen LogP contribution in [0.4, 0.5) is 0 Å². The summed E-state index contributed by atoms with van der Waals surface area (Å²) in [4.78, 5) is 0.655. The number of nitriles is 1. The van der Waals surface area contributed by atoms with E-state index in [4.69, 9.17) is 11.6 Å². The Morgan fingerprint density at radius 1 is 1.13 bits per heavy atom. The molecule has 2 atom stereocenters. The number of hydrogen-bond donors (Lipinski definition) is 1. The largest absolute Gasteiger partial charge is 0.593 e. The van der Waals surface area contributed by atoms with Gasteiger partial charge >= 0.3 is 0 Å². The molecule has 0 aromatic heterocycles. The first-order chi connectivity index (χ1) is 10.8. The molecule has 0 spiro atoms. The Balaban J connectivity index is 2.19. The molecule has 2 aromatic carbocycles. The Bertz CT molecular complexity index is 692. The summed E-state index contributed by atoms with van der Waals surface area (Å²) in [6, 6.07) is 16.4. The summed E-state index contributed by atoms with van der Waals surface area (Å²) in [6.45, 7) is 5.87. The van der Waals surface area contributed by atoms with Gasteiger partial charge in [0.1, 0.15) is 6.04 Å². The maximum atomic E-state index is 12.5. The quantitative estimate of drug-likeness (QED) is 0.828. The summed E-state index contributed by atoms with van der Waals surface area (Å²) in [5, 5.41) is 10.2. The average Bonchev–Trinajstić information content (AvgIpc) is 2.53. The highest BCUT2D eigenvalue weighted by atomic mass is 35.5. The Labute approximate surface area is 145 Å². The lowest BCUT2D eigenvalue weighted by atomic mass is 9.79. The zero-order chi connectivity index (χ0) is 17.0. The minimum Gasteiger partial charge on any atom is -0.593 e. The van der Waals surface area contributed by atoms with Gasteiger partial charge in [0.2, 0.25) is 0 Å². The second-order valence-electron chi connectivity index (χ2n) is 5.99. The Kier molecular flexibility index (Phi) is 5.72. The van der Waals surface area contributed by atoms with Gasteiger partial charge in [0, 0.05) is 10.4 Å². The van der Waals surface area contributed by atoms with Crippen molar-refractivity contribution in [3.63, 3.8) is 0 Å². The number of halogens is 1. The lowest BCUT2D eigenvalue weighted by molar-refractivity contribution is 0.440. The van der Waals surface area contributed by atoms with Crippen LogP contribution in [0.1, 0.15) is 25.0 Å². The lowest BCUT2D eigenvalue weighted by Gasteiger charge is -2.30. The minimum atomic E-state index is -1.44. The molecule has 0 bridgehead atoms. The third kappa shape index (κ3) is 4.27. The van der Waals surface area contributed by atoms with Crippen molar-refractivity contribution in [3.05, 3.63) is 64.7 Å². The first-order valence-electron chi connectivity index (χ1n) is 7.25. The van der Waals surface area contributed by atoms with Crippen LogP contribution in [0.2, 0.25) is 5.02 Å². The van der Waals surface area contributed by atoms with Crippen LogP contribution in [-0.2, 0) is 16.8 Å². The normalized spacial score (nSPS) is 14.1. The molecule has 2 aromatic rings. The van der Waals surface area contributed by atoms with Gasteiger partial charge in [-0.15, -0.1) is 4.72 Å². The highest BCUT2D eigenvalue weighted by Gasteiger charge is 2.35. The highest BCUT2D eigenvalue weighted by molar-refractivity contribution is 7.89. The van der Waals surface area contributed by atoms with Crippen LogP contribution in [0.5, 0.6) is 0 Å². The molecule has 0 fully saturated rings. The molecule has 0 amide bonds. The van der Waals surface area contributed by atoms with Crippen molar-refractivity contribution in [2.75, 3.05) is 0 Å². The van der Waals surface area contributed by atoms with E-state index in [2.05, 4.69) is 10.8 Å². The number of rotatable bonds is 5. The fourth-order valence-electron chi connectivity index (χ4n) is 2.22. The highest BCUT2D eigenvalue weighted by Crippen LogP contribution is 2.29. The van der Waals surface area contributed by atoms with E-state index < -0.39 is 22.8 Å². The average molecular weight is 347 g/mol. The van der Waals surface area contributed by atoms with E-state index in [1.165, 1.54) is 0 Å². The molecule has 0 radical (unpaired) electrons. The monoisotopic (exact) mass is 346 g/mol. The van der Waals surface area contributed by atoms with Crippen LogP contribution in [0, 0.1) is 18.3 Å². The van der Waals surface area contributed by atoms with Crippen LogP contribution < -0.4 is 4.72 Å². The Morgan fingerprint density at radius 2 is 1.70 bits per heavy atom. The van der Waals surface area contributed by atoms with Gasteiger partial charge in [0.15, 0.2) is 4.90 Å². The van der Waals surface area contributed by atoms with Crippen LogP contribution >= 0.6 is 11.6 Å². The molecule has 0 heterocycles. The van der Waals surface area contributed by atoms with Gasteiger partial charge in [0.25, 0.3) is 0 Å². The topological polar surface area (TPSA) is 58.9 Å². The predicted octanol–water partition coefficient (Wildman–Crippen LogP) is 4.13. The maximum Gasteiger partial charge on any atom is 0.173 e. The van der Waals surface area contributed by atoms with Crippen LogP contribution in [-0.4, -0.2) is 10.6 Å². The summed E-state index contributed by atoms with van der Waals surface area (Å²) < 4.78 is 15.4. The summed E-state index contributed by atoms with van der Waals surface area (Å²) in [6.07, 6.45) is 0. The van der Waals surface area contributed by atoms with Crippen LogP contribution in [0.3, 0.4) is 0 Å². The second-order valence-corrected chi connectivity index (χ2v) is 7.67. The molecule has 5 heteroatoms. The fourth-order valence-corrected chi connectivity index (χ4v) is 3.42. The Hall–Kier alpha value is -1.51. The number of nitrogens with zero attached hydrogens (tertiary/aromatic N) is 1. The van der Waals surface area contributed by atoms with Crippen molar-refractivity contribution < 1.29 is 4.55 Å². The zero-order valence-corrected chi connectivity index (χ0v) is 14.9. The molecular formula is C18H19ClN2OS. The first-order valence-corrected chi connectivity index (χ1v) is 8.77. The van der Waals surface area contributed by atoms with E-state index in [9.17, 15) is 9.81 Å². The number of nitrogens with one attached hydrogen (secondary N) is 1. The smallest absolute Gasteiger partial charge is 0.173 e. The third-order valence-electron chi connectivity index (χ3n) is 3.90. The number of aryl methyl sites for hydroxylation is 1. The summed E-state index contributed by atoms with van der Waals surface area (Å²) in [7, 11) is 0. The zero-order valence-electron chi connectivity index (χ0n) is 13.3. The first kappa shape index (κ1) is 17.8. The molecule has 1 N–H and O–H groups in total. The SMILES string of the molecule is Cc1ccc([S+]([O-])NC(C#N)C(C)(C)c2ccc(Cl)cc2)cc1. The molecule has 0 aliphatic rings. The van der Waals surface area contributed by atoms with Crippen molar-refractivity contribution in [3.8, 4) is 6.07 Å². The molecule has 0 aliphatic heterocycles. The molecular weight excluding hydrogens is 328 g/mol. The molecule has 3 nitrogen and oxygen atoms in total. The van der Waals surface area contributed by atoms with Crippen molar-refractivity contribution in [1.29, 1.82) is 5.26 Å². The van der Waals surface area contributed by atoms with E-state index in [-0.39, 0.29) is 0 Å². The van der Waals surface area contributed by atoms with Crippen molar-refractivity contribution in [2.24, 2.45) is 0 Å². The van der Waals surface area contributed by atoms with Crippen molar-refractivity contribution in [1.82, 2.24) is 4.72 Å². The minimum absolute atomic E-state index is 0.514. The van der Waals surface area contributed by atoms with Gasteiger partial charge in [-0.25, -0.2) is 0 Å². The number of benzene rings is 2. The molecule has 0 saturated heterocycles. The third-order valence-corrected chi connectivity index (χ3v) is 5.30. The standard InChI is InChI=1S/C18H19ClN2OS/c1-13-4-10-16(11-5-13)23(22)21-17(12-20)18(2,3)14-6-8-15(19)9-7-14/h4-11,17,21H,1-3H3. The van der Waals surface area contributed by atoms with Gasteiger partial charge in [-0.3, -0.25) is 0 Å². The fraction of sp³-hybridized carbons (Fsp3) is 0.278. The van der Waals surface area contributed by atoms with Gasteiger partial charge in [-0.2, -0.15) is 5.26 Å². The van der Waals surface area contributed by atoms with Gasteiger partial charge in [-0.05, 0) is 36.8 Å². The van der Waals surface area contributed by atoms with E-state index >= 15 is 0 Å². The molecule has 23 heavy (non-hydrogen) atoms. The van der Waals surface area contributed by atoms with E-state index in [1.54, 1.807) is 12.1 Å². The van der Waals surface area contributed by atoms with Gasteiger partial charge in [-0.1, -0.05) is 55.3 Å². The second kappa shape index (κ2) is 7.37. The molecule has 0 saturated carbocycles. The van der Waals surface area contributed by atoms with E-state index in [0.717, 1.165) is 11.1 Å². The van der Waals surface area contributed by atoms with Crippen molar-refractivity contribution >= 4 is 23.0 Å². The van der Waals surface area contributed by atoms with E-state index in [1.807, 2.05) is 57.2 Å². The maximum absolute atomic E-state index is 12.5. The molecule has 2 rings (SSSR count). The molecule has 2 unspecified atom stereocenters. The predicted molar refractivity (Wildman–Crippen MR) is 94.6 cm³/mol. The van der Waals surface area contributed by atoms with Crippen molar-refractivity contribution in [2.45, 2.75) is 37.1 Å². The molecule has 0 aliphatic carbocycles. The molecule has 120 valence electrons. The van der Waals surface area contributed by atoms with E-state index in [0.29, 0.717) is 9.92 Å². The van der Waals surface area contributed by atoms with Gasteiger partial charge < -0.3 is 4.55 Å².